The minimum Gasteiger partial charge on any atom is -0.502 e. The van der Waals surface area contributed by atoms with Crippen LogP contribution in [0.5, 0.6) is 5.75 Å². The Morgan fingerprint density at radius 3 is 2.27 bits per heavy atom. The van der Waals surface area contributed by atoms with Crippen molar-refractivity contribution in [2.45, 2.75) is 24.4 Å². The number of rotatable bonds is 6. The molecule has 0 radical (unpaired) electrons. The summed E-state index contributed by atoms with van der Waals surface area (Å²) in [6.45, 7) is 1.88. The Morgan fingerprint density at radius 2 is 1.64 bits per heavy atom. The summed E-state index contributed by atoms with van der Waals surface area (Å²) >= 11 is 6.04. The van der Waals surface area contributed by atoms with Gasteiger partial charge in [0.25, 0.3) is 5.91 Å². The second-order valence-corrected chi connectivity index (χ2v) is 10.1. The summed E-state index contributed by atoms with van der Waals surface area (Å²) in [4.78, 5) is 14.2. The number of aliphatic hydroxyl groups is 1. The van der Waals surface area contributed by atoms with Crippen molar-refractivity contribution in [3.8, 4) is 5.75 Å². The predicted molar refractivity (Wildman–Crippen MR) is 126 cm³/mol. The van der Waals surface area contributed by atoms with Gasteiger partial charge in [0, 0.05) is 10.6 Å². The maximum atomic E-state index is 13.6. The van der Waals surface area contributed by atoms with Crippen LogP contribution < -0.4 is 4.74 Å². The molecule has 0 saturated heterocycles. The molecule has 1 aliphatic heterocycles. The zero-order valence-electron chi connectivity index (χ0n) is 18.0. The van der Waals surface area contributed by atoms with E-state index < -0.39 is 27.5 Å². The molecule has 170 valence electrons. The van der Waals surface area contributed by atoms with Crippen LogP contribution in [0.1, 0.15) is 22.7 Å². The van der Waals surface area contributed by atoms with Crippen LogP contribution in [-0.4, -0.2) is 31.4 Å². The first-order valence-electron chi connectivity index (χ1n) is 10.2. The third-order valence-electron chi connectivity index (χ3n) is 5.60. The first-order chi connectivity index (χ1) is 15.7. The number of hydrogen-bond donors (Lipinski definition) is 1. The highest BCUT2D eigenvalue weighted by molar-refractivity contribution is 7.95. The first-order valence-corrected chi connectivity index (χ1v) is 12.0. The van der Waals surface area contributed by atoms with E-state index in [1.165, 1.54) is 24.1 Å². The molecule has 6 nitrogen and oxygen atoms in total. The minimum absolute atomic E-state index is 0.000514. The second-order valence-electron chi connectivity index (χ2n) is 7.73. The van der Waals surface area contributed by atoms with Gasteiger partial charge in [-0.15, -0.1) is 0 Å². The van der Waals surface area contributed by atoms with Gasteiger partial charge in [0.1, 0.15) is 10.7 Å². The van der Waals surface area contributed by atoms with Crippen molar-refractivity contribution >= 4 is 27.3 Å². The average molecular weight is 484 g/mol. The van der Waals surface area contributed by atoms with Crippen molar-refractivity contribution in [3.63, 3.8) is 0 Å². The number of hydrogen-bond acceptors (Lipinski definition) is 5. The number of ether oxygens (including phenoxy) is 1. The molecular weight excluding hydrogens is 462 g/mol. The third kappa shape index (κ3) is 4.21. The molecule has 33 heavy (non-hydrogen) atoms. The number of benzene rings is 3. The van der Waals surface area contributed by atoms with Gasteiger partial charge in [-0.1, -0.05) is 59.6 Å². The lowest BCUT2D eigenvalue weighted by Gasteiger charge is -2.27. The molecule has 4 rings (SSSR count). The highest BCUT2D eigenvalue weighted by Gasteiger charge is 2.47. The van der Waals surface area contributed by atoms with Gasteiger partial charge in [0.15, 0.2) is 5.76 Å². The Kier molecular flexibility index (Phi) is 6.19. The number of halogens is 1. The Balaban J connectivity index is 1.86. The smallest absolute Gasteiger partial charge is 0.290 e. The minimum atomic E-state index is -4.18. The van der Waals surface area contributed by atoms with Crippen molar-refractivity contribution in [2.75, 3.05) is 7.11 Å². The Labute approximate surface area is 197 Å². The van der Waals surface area contributed by atoms with E-state index in [1.54, 1.807) is 60.7 Å². The van der Waals surface area contributed by atoms with Gasteiger partial charge < -0.3 is 14.7 Å². The Morgan fingerprint density at radius 1 is 1.00 bits per heavy atom. The van der Waals surface area contributed by atoms with Gasteiger partial charge in [-0.3, -0.25) is 4.79 Å². The third-order valence-corrected chi connectivity index (χ3v) is 7.74. The standard InChI is InChI=1S/C25H22ClNO5S/c1-16-7-13-20(14-8-16)33(30,31)24-22(17-9-11-19(26)12-10-17)27(25(29)23(24)28)15-18-5-3-4-6-21(18)32-2/h3-14,22,28H,15H2,1-2H3/t22-/m1/s1. The quantitative estimate of drug-likeness (QED) is 0.534. The highest BCUT2D eigenvalue weighted by Crippen LogP contribution is 2.44. The van der Waals surface area contributed by atoms with Crippen LogP contribution in [0.15, 0.2) is 88.4 Å². The number of methoxy groups -OCH3 is 1. The zero-order chi connectivity index (χ0) is 23.8. The Bertz CT molecular complexity index is 1330. The topological polar surface area (TPSA) is 83.9 Å². The molecule has 0 aromatic heterocycles. The fraction of sp³-hybridized carbons (Fsp3) is 0.160. The molecule has 0 bridgehead atoms. The van der Waals surface area contributed by atoms with Crippen molar-refractivity contribution in [3.05, 3.63) is 105 Å². The van der Waals surface area contributed by atoms with Crippen LogP contribution in [-0.2, 0) is 21.2 Å². The van der Waals surface area contributed by atoms with Crippen LogP contribution in [0.2, 0.25) is 5.02 Å². The van der Waals surface area contributed by atoms with Gasteiger partial charge in [-0.05, 0) is 42.8 Å². The number of nitrogens with zero attached hydrogens (tertiary/aromatic N) is 1. The summed E-state index contributed by atoms with van der Waals surface area (Å²) in [5.41, 5.74) is 2.08. The van der Waals surface area contributed by atoms with Crippen LogP contribution >= 0.6 is 11.6 Å². The van der Waals surface area contributed by atoms with Crippen LogP contribution in [0, 0.1) is 6.92 Å². The molecular formula is C25H22ClNO5S. The molecule has 0 spiro atoms. The number of carbonyl (C=O) groups is 1. The average Bonchev–Trinajstić information content (AvgIpc) is 3.06. The van der Waals surface area contributed by atoms with E-state index in [0.717, 1.165) is 5.56 Å². The molecule has 1 heterocycles. The fourth-order valence-electron chi connectivity index (χ4n) is 3.90. The summed E-state index contributed by atoms with van der Waals surface area (Å²) in [6, 6.07) is 18.9. The number of sulfone groups is 1. The SMILES string of the molecule is COc1ccccc1CN1C(=O)C(O)=C(S(=O)(=O)c2ccc(C)cc2)[C@H]1c1ccc(Cl)cc1. The first kappa shape index (κ1) is 22.9. The van der Waals surface area contributed by atoms with Gasteiger partial charge in [-0.2, -0.15) is 0 Å². The summed E-state index contributed by atoms with van der Waals surface area (Å²) in [5.74, 6) is -1.01. The normalized spacial score (nSPS) is 16.4. The molecule has 0 saturated carbocycles. The van der Waals surface area contributed by atoms with E-state index in [4.69, 9.17) is 16.3 Å². The maximum Gasteiger partial charge on any atom is 0.290 e. The lowest BCUT2D eigenvalue weighted by Crippen LogP contribution is -2.30. The molecule has 3 aromatic carbocycles. The summed E-state index contributed by atoms with van der Waals surface area (Å²) in [5, 5.41) is 11.3. The van der Waals surface area contributed by atoms with Gasteiger partial charge in [-0.25, -0.2) is 8.42 Å². The molecule has 3 aromatic rings. The molecule has 0 fully saturated rings. The molecule has 1 atom stereocenters. The number of amides is 1. The van der Waals surface area contributed by atoms with E-state index in [9.17, 15) is 18.3 Å². The van der Waals surface area contributed by atoms with Crippen LogP contribution in [0.25, 0.3) is 0 Å². The molecule has 1 N–H and O–H groups in total. The van der Waals surface area contributed by atoms with E-state index >= 15 is 0 Å². The number of aryl methyl sites for hydroxylation is 1. The van der Waals surface area contributed by atoms with Crippen molar-refractivity contribution < 1.29 is 23.1 Å². The van der Waals surface area contributed by atoms with Gasteiger partial charge in [0.05, 0.1) is 24.6 Å². The van der Waals surface area contributed by atoms with Crippen molar-refractivity contribution in [1.29, 1.82) is 0 Å². The Hall–Kier alpha value is -3.29. The summed E-state index contributed by atoms with van der Waals surface area (Å²) in [7, 11) is -2.66. The molecule has 0 unspecified atom stereocenters. The lowest BCUT2D eigenvalue weighted by atomic mass is 10.1. The lowest BCUT2D eigenvalue weighted by molar-refractivity contribution is -0.130. The molecule has 1 aliphatic rings. The monoisotopic (exact) mass is 483 g/mol. The number of carbonyl (C=O) groups excluding carboxylic acids is 1. The maximum absolute atomic E-state index is 13.6. The van der Waals surface area contributed by atoms with Gasteiger partial charge in [0.2, 0.25) is 9.84 Å². The van der Waals surface area contributed by atoms with E-state index in [0.29, 0.717) is 21.9 Å². The largest absolute Gasteiger partial charge is 0.502 e. The van der Waals surface area contributed by atoms with Crippen LogP contribution in [0.3, 0.4) is 0 Å². The molecule has 0 aliphatic carbocycles. The fourth-order valence-corrected chi connectivity index (χ4v) is 5.68. The van der Waals surface area contributed by atoms with Crippen molar-refractivity contribution in [2.24, 2.45) is 0 Å². The van der Waals surface area contributed by atoms with Gasteiger partial charge >= 0.3 is 0 Å². The second kappa shape index (κ2) is 8.92. The molecule has 8 heteroatoms. The van der Waals surface area contributed by atoms with E-state index in [-0.39, 0.29) is 16.3 Å². The summed E-state index contributed by atoms with van der Waals surface area (Å²) in [6.07, 6.45) is 0. The summed E-state index contributed by atoms with van der Waals surface area (Å²) < 4.78 is 32.7. The van der Waals surface area contributed by atoms with Crippen LogP contribution in [0.4, 0.5) is 0 Å². The highest BCUT2D eigenvalue weighted by atomic mass is 35.5. The number of aliphatic hydroxyl groups excluding tert-OH is 1. The molecule has 1 amide bonds. The number of para-hydroxylation sites is 1. The predicted octanol–water partition coefficient (Wildman–Crippen LogP) is 4.98. The van der Waals surface area contributed by atoms with Crippen molar-refractivity contribution in [1.82, 2.24) is 4.90 Å². The van der Waals surface area contributed by atoms with E-state index in [1.807, 2.05) is 6.92 Å². The van der Waals surface area contributed by atoms with E-state index in [2.05, 4.69) is 0 Å². The zero-order valence-corrected chi connectivity index (χ0v) is 19.6.